The van der Waals surface area contributed by atoms with Gasteiger partial charge in [0, 0.05) is 18.0 Å². The molecule has 12 nitrogen and oxygen atoms in total. The number of fused-ring (bicyclic) bond motifs is 1. The van der Waals surface area contributed by atoms with Crippen LogP contribution in [-0.4, -0.2) is 53.3 Å². The number of hydrogen-bond donors (Lipinski definition) is 5. The summed E-state index contributed by atoms with van der Waals surface area (Å²) >= 11 is 0. The minimum atomic E-state index is -1.08. The zero-order valence-corrected chi connectivity index (χ0v) is 23.9. The van der Waals surface area contributed by atoms with Gasteiger partial charge in [0.15, 0.2) is 5.69 Å². The number of aryl methyl sites for hydroxylation is 1. The van der Waals surface area contributed by atoms with Gasteiger partial charge in [-0.1, -0.05) is 60.5 Å². The maximum atomic E-state index is 14.1. The first-order chi connectivity index (χ1) is 20.6. The second kappa shape index (κ2) is 12.6. The number of nitrogens with two attached hydrogens (primary N) is 2. The first-order valence-electron chi connectivity index (χ1n) is 14.5. The molecule has 2 aromatic carbocycles. The summed E-state index contributed by atoms with van der Waals surface area (Å²) in [6, 6.07) is 11.4. The van der Waals surface area contributed by atoms with Crippen LogP contribution in [0.15, 0.2) is 47.0 Å². The van der Waals surface area contributed by atoms with E-state index in [1.54, 1.807) is 6.92 Å². The highest BCUT2D eigenvalue weighted by Crippen LogP contribution is 2.35. The van der Waals surface area contributed by atoms with Crippen LogP contribution in [0, 0.1) is 18.8 Å². The molecule has 2 aliphatic rings. The molecule has 12 heteroatoms. The predicted octanol–water partition coefficient (Wildman–Crippen LogP) is 1.34. The van der Waals surface area contributed by atoms with Crippen molar-refractivity contribution in [2.45, 2.75) is 63.5 Å². The Kier molecular flexibility index (Phi) is 8.74. The second-order valence-corrected chi connectivity index (χ2v) is 11.5. The summed E-state index contributed by atoms with van der Waals surface area (Å²) in [5.74, 6) is -3.78. The van der Waals surface area contributed by atoms with Crippen LogP contribution in [0.25, 0.3) is 10.8 Å². The molecule has 1 saturated carbocycles. The van der Waals surface area contributed by atoms with E-state index in [4.69, 9.17) is 16.0 Å². The fourth-order valence-electron chi connectivity index (χ4n) is 5.85. The highest BCUT2D eigenvalue weighted by atomic mass is 16.5. The third kappa shape index (κ3) is 6.85. The Morgan fingerprint density at radius 2 is 1.70 bits per heavy atom. The number of aromatic nitrogens is 1. The van der Waals surface area contributed by atoms with Crippen LogP contribution in [0.4, 0.5) is 0 Å². The quantitative estimate of drug-likeness (QED) is 0.198. The highest BCUT2D eigenvalue weighted by Gasteiger charge is 2.37. The van der Waals surface area contributed by atoms with Crippen LogP contribution in [0.3, 0.4) is 0 Å². The van der Waals surface area contributed by atoms with Crippen LogP contribution in [0.2, 0.25) is 0 Å². The normalized spacial score (nSPS) is 18.4. The lowest BCUT2D eigenvalue weighted by molar-refractivity contribution is -0.132. The van der Waals surface area contributed by atoms with Gasteiger partial charge < -0.3 is 31.9 Å². The molecule has 2 fully saturated rings. The SMILES string of the molecule is Cc1onc(C(N)=O)c1[C@H](Cc1cccc2ccccc12)C(=O)N[C@@H](CC1CC1)C(=O)N[C@@H](C[C@@H]1CCNC1=O)C(N)=O. The summed E-state index contributed by atoms with van der Waals surface area (Å²) in [6.07, 6.45) is 2.97. The highest BCUT2D eigenvalue weighted by molar-refractivity contribution is 5.98. The van der Waals surface area contributed by atoms with Crippen molar-refractivity contribution in [2.24, 2.45) is 23.3 Å². The molecule has 226 valence electrons. The van der Waals surface area contributed by atoms with Crippen LogP contribution in [0.1, 0.15) is 65.4 Å². The van der Waals surface area contributed by atoms with Crippen LogP contribution in [-0.2, 0) is 25.6 Å². The second-order valence-electron chi connectivity index (χ2n) is 11.5. The fourth-order valence-corrected chi connectivity index (χ4v) is 5.85. The molecule has 0 bridgehead atoms. The van der Waals surface area contributed by atoms with Gasteiger partial charge in [-0.05, 0) is 54.9 Å². The molecule has 1 aliphatic heterocycles. The van der Waals surface area contributed by atoms with E-state index in [0.29, 0.717) is 19.4 Å². The molecule has 2 heterocycles. The van der Waals surface area contributed by atoms with Crippen molar-refractivity contribution >= 4 is 40.3 Å². The first-order valence-corrected chi connectivity index (χ1v) is 14.5. The molecule has 0 unspecified atom stereocenters. The van der Waals surface area contributed by atoms with Gasteiger partial charge in [-0.3, -0.25) is 24.0 Å². The number of nitrogens with zero attached hydrogens (tertiary/aromatic N) is 1. The molecule has 0 spiro atoms. The maximum Gasteiger partial charge on any atom is 0.271 e. The van der Waals surface area contributed by atoms with Gasteiger partial charge in [0.2, 0.25) is 23.6 Å². The molecule has 5 amide bonds. The number of nitrogens with one attached hydrogen (secondary N) is 3. The zero-order chi connectivity index (χ0) is 30.7. The standard InChI is InChI=1S/C31H36N6O6/c1-16-25(26(28(33)39)37-43-16)22(14-19-7-4-6-18-5-2-3-8-21(18)19)30(41)36-24(13-17-9-10-17)31(42)35-23(27(32)38)15-20-11-12-34-29(20)40/h2-8,17,20,22-24H,9-15H2,1H3,(H2,32,38)(H2,33,39)(H,34,40)(H,35,42)(H,36,41)/t20-,22-,23-,24-/m0/s1. The summed E-state index contributed by atoms with van der Waals surface area (Å²) in [5.41, 5.74) is 12.2. The van der Waals surface area contributed by atoms with Crippen molar-refractivity contribution in [3.8, 4) is 0 Å². The Bertz CT molecular complexity index is 1560. The number of benzene rings is 2. The zero-order valence-electron chi connectivity index (χ0n) is 23.9. The van der Waals surface area contributed by atoms with Crippen molar-refractivity contribution in [1.29, 1.82) is 0 Å². The van der Waals surface area contributed by atoms with E-state index in [9.17, 15) is 24.0 Å². The Morgan fingerprint density at radius 3 is 2.37 bits per heavy atom. The van der Waals surface area contributed by atoms with Gasteiger partial charge in [0.25, 0.3) is 5.91 Å². The topological polar surface area (TPSA) is 200 Å². The van der Waals surface area contributed by atoms with Gasteiger partial charge in [-0.2, -0.15) is 0 Å². The molecule has 5 rings (SSSR count). The van der Waals surface area contributed by atoms with E-state index in [1.807, 2.05) is 42.5 Å². The van der Waals surface area contributed by atoms with E-state index in [-0.39, 0.29) is 41.7 Å². The average molecular weight is 589 g/mol. The Morgan fingerprint density at radius 1 is 0.977 bits per heavy atom. The lowest BCUT2D eigenvalue weighted by Crippen LogP contribution is -2.54. The average Bonchev–Trinajstić information content (AvgIpc) is 3.58. The molecular weight excluding hydrogens is 552 g/mol. The van der Waals surface area contributed by atoms with Crippen molar-refractivity contribution in [2.75, 3.05) is 6.54 Å². The van der Waals surface area contributed by atoms with Crippen LogP contribution in [0.5, 0.6) is 0 Å². The third-order valence-electron chi connectivity index (χ3n) is 8.35. The summed E-state index contributed by atoms with van der Waals surface area (Å²) < 4.78 is 5.30. The van der Waals surface area contributed by atoms with E-state index in [0.717, 1.165) is 29.2 Å². The van der Waals surface area contributed by atoms with E-state index >= 15 is 0 Å². The van der Waals surface area contributed by atoms with Gasteiger partial charge >= 0.3 is 0 Å². The van der Waals surface area contributed by atoms with Gasteiger partial charge in [0.05, 0.1) is 5.92 Å². The Labute approximate surface area is 248 Å². The Balaban J connectivity index is 1.43. The smallest absolute Gasteiger partial charge is 0.271 e. The minimum Gasteiger partial charge on any atom is -0.368 e. The van der Waals surface area contributed by atoms with E-state index in [2.05, 4.69) is 21.1 Å². The molecule has 3 aromatic rings. The molecule has 1 aliphatic carbocycles. The minimum absolute atomic E-state index is 0.0720. The first kappa shape index (κ1) is 29.7. The number of carbonyl (C=O) groups is 5. The van der Waals surface area contributed by atoms with Crippen molar-refractivity contribution in [1.82, 2.24) is 21.1 Å². The number of primary amides is 2. The summed E-state index contributed by atoms with van der Waals surface area (Å²) in [6.45, 7) is 2.10. The number of hydrogen-bond acceptors (Lipinski definition) is 7. The molecule has 43 heavy (non-hydrogen) atoms. The van der Waals surface area contributed by atoms with Crippen LogP contribution < -0.4 is 27.4 Å². The van der Waals surface area contributed by atoms with Crippen LogP contribution >= 0.6 is 0 Å². The summed E-state index contributed by atoms with van der Waals surface area (Å²) in [5, 5.41) is 14.0. The Hall–Kier alpha value is -4.74. The lowest BCUT2D eigenvalue weighted by Gasteiger charge is -2.25. The fraction of sp³-hybridized carbons (Fsp3) is 0.419. The number of rotatable bonds is 13. The number of carbonyl (C=O) groups excluding carboxylic acids is 5. The molecular formula is C31H36N6O6. The molecule has 0 radical (unpaired) electrons. The van der Waals surface area contributed by atoms with Gasteiger partial charge in [-0.25, -0.2) is 0 Å². The lowest BCUT2D eigenvalue weighted by atomic mass is 9.87. The van der Waals surface area contributed by atoms with Crippen molar-refractivity contribution in [3.05, 3.63) is 65.0 Å². The third-order valence-corrected chi connectivity index (χ3v) is 8.35. The van der Waals surface area contributed by atoms with Crippen molar-refractivity contribution in [3.63, 3.8) is 0 Å². The van der Waals surface area contributed by atoms with Gasteiger partial charge in [0.1, 0.15) is 17.8 Å². The van der Waals surface area contributed by atoms with E-state index in [1.165, 1.54) is 0 Å². The van der Waals surface area contributed by atoms with Gasteiger partial charge in [-0.15, -0.1) is 0 Å². The van der Waals surface area contributed by atoms with E-state index < -0.39 is 47.5 Å². The molecule has 7 N–H and O–H groups in total. The molecule has 1 saturated heterocycles. The predicted molar refractivity (Wildman–Crippen MR) is 156 cm³/mol. The number of amides is 5. The summed E-state index contributed by atoms with van der Waals surface area (Å²) in [7, 11) is 0. The largest absolute Gasteiger partial charge is 0.368 e. The maximum absolute atomic E-state index is 14.1. The molecule has 4 atom stereocenters. The molecule has 1 aromatic heterocycles. The summed E-state index contributed by atoms with van der Waals surface area (Å²) in [4.78, 5) is 64.3. The monoisotopic (exact) mass is 588 g/mol. The van der Waals surface area contributed by atoms with Crippen molar-refractivity contribution < 1.29 is 28.5 Å².